The number of aromatic amines is 1. The van der Waals surface area contributed by atoms with Crippen LogP contribution in [0, 0.1) is 0 Å². The second-order valence-corrected chi connectivity index (χ2v) is 9.20. The van der Waals surface area contributed by atoms with Crippen LogP contribution in [0.15, 0.2) is 77.7 Å². The number of sulfone groups is 1. The van der Waals surface area contributed by atoms with E-state index < -0.39 is 9.84 Å². The van der Waals surface area contributed by atoms with Gasteiger partial charge in [-0.2, -0.15) is 0 Å². The minimum Gasteiger partial charge on any atom is -0.338 e. The average Bonchev–Trinajstić information content (AvgIpc) is 3.18. The SMILES string of the molecule is CCS(=O)(=O)c1ccc(CC(=O)Nc2ccccc2-c2nc3ccccc3[nH]2)cc1. The molecule has 0 bridgehead atoms. The molecule has 4 aromatic rings. The number of benzene rings is 3. The first-order chi connectivity index (χ1) is 14.5. The summed E-state index contributed by atoms with van der Waals surface area (Å²) in [6, 6.07) is 21.7. The van der Waals surface area contributed by atoms with E-state index in [2.05, 4.69) is 15.3 Å². The van der Waals surface area contributed by atoms with Gasteiger partial charge in [-0.05, 0) is 42.0 Å². The quantitative estimate of drug-likeness (QED) is 0.490. The topological polar surface area (TPSA) is 91.9 Å². The first-order valence-corrected chi connectivity index (χ1v) is 11.3. The summed E-state index contributed by atoms with van der Waals surface area (Å²) in [6.07, 6.45) is 0.140. The van der Waals surface area contributed by atoms with Crippen molar-refractivity contribution in [2.75, 3.05) is 11.1 Å². The zero-order chi connectivity index (χ0) is 21.1. The highest BCUT2D eigenvalue weighted by Crippen LogP contribution is 2.27. The first-order valence-electron chi connectivity index (χ1n) is 9.62. The molecule has 2 N–H and O–H groups in total. The number of carbonyl (C=O) groups is 1. The number of amides is 1. The summed E-state index contributed by atoms with van der Waals surface area (Å²) in [6.45, 7) is 1.61. The minimum absolute atomic E-state index is 0.0470. The van der Waals surface area contributed by atoms with E-state index in [0.29, 0.717) is 11.5 Å². The number of aromatic nitrogens is 2. The predicted octanol–water partition coefficient (Wildman–Crippen LogP) is 4.20. The van der Waals surface area contributed by atoms with Gasteiger partial charge < -0.3 is 10.3 Å². The monoisotopic (exact) mass is 419 g/mol. The maximum atomic E-state index is 12.6. The summed E-state index contributed by atoms with van der Waals surface area (Å²) < 4.78 is 23.8. The Morgan fingerprint density at radius 1 is 0.967 bits per heavy atom. The highest BCUT2D eigenvalue weighted by Gasteiger charge is 2.14. The van der Waals surface area contributed by atoms with Crippen LogP contribution in [0.1, 0.15) is 12.5 Å². The van der Waals surface area contributed by atoms with Gasteiger partial charge in [0.05, 0.1) is 33.8 Å². The van der Waals surface area contributed by atoms with Gasteiger partial charge >= 0.3 is 0 Å². The molecule has 30 heavy (non-hydrogen) atoms. The zero-order valence-corrected chi connectivity index (χ0v) is 17.2. The Morgan fingerprint density at radius 2 is 1.67 bits per heavy atom. The van der Waals surface area contributed by atoms with Crippen LogP contribution in [0.4, 0.5) is 5.69 Å². The maximum absolute atomic E-state index is 12.6. The number of hydrogen-bond donors (Lipinski definition) is 2. The number of fused-ring (bicyclic) bond motifs is 1. The van der Waals surface area contributed by atoms with Crippen molar-refractivity contribution in [3.63, 3.8) is 0 Å². The van der Waals surface area contributed by atoms with Crippen molar-refractivity contribution in [3.05, 3.63) is 78.4 Å². The lowest BCUT2D eigenvalue weighted by Crippen LogP contribution is -2.15. The number of carbonyl (C=O) groups excluding carboxylic acids is 1. The fraction of sp³-hybridized carbons (Fsp3) is 0.130. The molecule has 0 fully saturated rings. The summed E-state index contributed by atoms with van der Waals surface area (Å²) in [5, 5.41) is 2.94. The number of nitrogens with one attached hydrogen (secondary N) is 2. The van der Waals surface area contributed by atoms with Gasteiger partial charge in [-0.3, -0.25) is 4.79 Å². The van der Waals surface area contributed by atoms with Crippen LogP contribution < -0.4 is 5.32 Å². The molecule has 0 aliphatic heterocycles. The van der Waals surface area contributed by atoms with Gasteiger partial charge in [0.25, 0.3) is 0 Å². The third-order valence-corrected chi connectivity index (χ3v) is 6.62. The second kappa shape index (κ2) is 8.12. The summed E-state index contributed by atoms with van der Waals surface area (Å²) in [4.78, 5) is 20.8. The van der Waals surface area contributed by atoms with Crippen molar-refractivity contribution in [2.24, 2.45) is 0 Å². The van der Waals surface area contributed by atoms with Crippen LogP contribution in [0.25, 0.3) is 22.4 Å². The van der Waals surface area contributed by atoms with E-state index in [4.69, 9.17) is 0 Å². The molecule has 1 heterocycles. The van der Waals surface area contributed by atoms with Gasteiger partial charge in [0.15, 0.2) is 9.84 Å². The summed E-state index contributed by atoms with van der Waals surface area (Å²) >= 11 is 0. The standard InChI is InChI=1S/C23H21N3O3S/c1-2-30(28,29)17-13-11-16(12-14-17)15-22(27)24-19-8-4-3-7-18(19)23-25-20-9-5-6-10-21(20)26-23/h3-14H,2,15H2,1H3,(H,24,27)(H,25,26). The normalized spacial score (nSPS) is 11.5. The van der Waals surface area contributed by atoms with Crippen LogP contribution in [0.3, 0.4) is 0 Å². The number of nitrogens with zero attached hydrogens (tertiary/aromatic N) is 1. The highest BCUT2D eigenvalue weighted by atomic mass is 32.2. The van der Waals surface area contributed by atoms with E-state index >= 15 is 0 Å². The number of imidazole rings is 1. The molecule has 0 atom stereocenters. The van der Waals surface area contributed by atoms with Gasteiger partial charge in [-0.25, -0.2) is 13.4 Å². The van der Waals surface area contributed by atoms with Crippen molar-refractivity contribution in [2.45, 2.75) is 18.2 Å². The molecule has 4 rings (SSSR count). The fourth-order valence-electron chi connectivity index (χ4n) is 3.24. The van der Waals surface area contributed by atoms with Crippen LogP contribution in [-0.2, 0) is 21.1 Å². The molecule has 7 heteroatoms. The molecule has 0 saturated heterocycles. The molecule has 0 spiro atoms. The molecular formula is C23H21N3O3S. The number of hydrogen-bond acceptors (Lipinski definition) is 4. The van der Waals surface area contributed by atoms with Crippen molar-refractivity contribution in [1.29, 1.82) is 0 Å². The Balaban J connectivity index is 1.53. The van der Waals surface area contributed by atoms with Gasteiger partial charge in [-0.15, -0.1) is 0 Å². The van der Waals surface area contributed by atoms with Crippen molar-refractivity contribution in [1.82, 2.24) is 9.97 Å². The largest absolute Gasteiger partial charge is 0.338 e. The van der Waals surface area contributed by atoms with Crippen LogP contribution in [0.5, 0.6) is 0 Å². The van der Waals surface area contributed by atoms with E-state index in [-0.39, 0.29) is 23.0 Å². The predicted molar refractivity (Wildman–Crippen MR) is 118 cm³/mol. The van der Waals surface area contributed by atoms with Crippen LogP contribution >= 0.6 is 0 Å². The Hall–Kier alpha value is -3.45. The van der Waals surface area contributed by atoms with Crippen molar-refractivity contribution >= 4 is 32.5 Å². The molecule has 3 aromatic carbocycles. The van der Waals surface area contributed by atoms with E-state index in [9.17, 15) is 13.2 Å². The van der Waals surface area contributed by atoms with E-state index in [1.54, 1.807) is 31.2 Å². The fourth-order valence-corrected chi connectivity index (χ4v) is 4.12. The van der Waals surface area contributed by atoms with Crippen LogP contribution in [-0.4, -0.2) is 30.0 Å². The number of rotatable bonds is 6. The Morgan fingerprint density at radius 3 is 2.40 bits per heavy atom. The van der Waals surface area contributed by atoms with Gasteiger partial charge in [0.2, 0.25) is 5.91 Å². The molecule has 0 aliphatic carbocycles. The van der Waals surface area contributed by atoms with Gasteiger partial charge in [-0.1, -0.05) is 43.3 Å². The third-order valence-electron chi connectivity index (χ3n) is 4.87. The average molecular weight is 420 g/mol. The van der Waals surface area contributed by atoms with E-state index in [1.165, 1.54) is 0 Å². The summed E-state index contributed by atoms with van der Waals surface area (Å²) in [5.41, 5.74) is 3.98. The number of anilines is 1. The smallest absolute Gasteiger partial charge is 0.228 e. The lowest BCUT2D eigenvalue weighted by atomic mass is 10.1. The molecule has 0 saturated carbocycles. The summed E-state index contributed by atoms with van der Waals surface area (Å²) in [7, 11) is -3.25. The molecular weight excluding hydrogens is 398 g/mol. The zero-order valence-electron chi connectivity index (χ0n) is 16.4. The molecule has 0 radical (unpaired) electrons. The van der Waals surface area contributed by atoms with Crippen LogP contribution in [0.2, 0.25) is 0 Å². The molecule has 0 unspecified atom stereocenters. The molecule has 6 nitrogen and oxygen atoms in total. The number of H-pyrrole nitrogens is 1. The summed E-state index contributed by atoms with van der Waals surface area (Å²) in [5.74, 6) is 0.539. The van der Waals surface area contributed by atoms with Crippen molar-refractivity contribution < 1.29 is 13.2 Å². The molecule has 0 aliphatic rings. The highest BCUT2D eigenvalue weighted by molar-refractivity contribution is 7.91. The van der Waals surface area contributed by atoms with Gasteiger partial charge in [0.1, 0.15) is 5.82 Å². The Kier molecular flexibility index (Phi) is 5.37. The van der Waals surface area contributed by atoms with Gasteiger partial charge in [0, 0.05) is 5.56 Å². The number of para-hydroxylation sites is 3. The van der Waals surface area contributed by atoms with E-state index in [0.717, 1.165) is 22.2 Å². The molecule has 1 amide bonds. The Bertz CT molecular complexity index is 1280. The lowest BCUT2D eigenvalue weighted by Gasteiger charge is -2.10. The van der Waals surface area contributed by atoms with E-state index in [1.807, 2.05) is 48.5 Å². The third kappa shape index (κ3) is 4.11. The van der Waals surface area contributed by atoms with Crippen molar-refractivity contribution in [3.8, 4) is 11.4 Å². The second-order valence-electron chi connectivity index (χ2n) is 6.92. The molecule has 152 valence electrons. The molecule has 1 aromatic heterocycles. The minimum atomic E-state index is -3.25. The Labute approximate surface area is 174 Å². The maximum Gasteiger partial charge on any atom is 0.228 e. The lowest BCUT2D eigenvalue weighted by molar-refractivity contribution is -0.115. The first kappa shape index (κ1) is 19.8.